The van der Waals surface area contributed by atoms with Crippen molar-refractivity contribution in [1.82, 2.24) is 4.98 Å². The van der Waals surface area contributed by atoms with E-state index in [1.165, 1.54) is 30.5 Å². The van der Waals surface area contributed by atoms with Gasteiger partial charge in [0.05, 0.1) is 9.92 Å². The van der Waals surface area contributed by atoms with Gasteiger partial charge in [0.2, 0.25) is 0 Å². The number of benzene rings is 2. The van der Waals surface area contributed by atoms with Gasteiger partial charge in [0.25, 0.3) is 5.91 Å². The molecule has 31 heavy (non-hydrogen) atoms. The topological polar surface area (TPSA) is 111 Å². The van der Waals surface area contributed by atoms with E-state index in [9.17, 15) is 13.2 Å². The molecular formula is C21H19Cl2N3O4S. The molecule has 0 unspecified atom stereocenters. The van der Waals surface area contributed by atoms with Crippen LogP contribution in [-0.2, 0) is 9.84 Å². The van der Waals surface area contributed by atoms with E-state index in [4.69, 9.17) is 33.7 Å². The highest BCUT2D eigenvalue weighted by atomic mass is 35.5. The van der Waals surface area contributed by atoms with Gasteiger partial charge in [0.15, 0.2) is 21.4 Å². The summed E-state index contributed by atoms with van der Waals surface area (Å²) in [7, 11) is -3.43. The summed E-state index contributed by atoms with van der Waals surface area (Å²) in [5, 5.41) is 3.54. The summed E-state index contributed by atoms with van der Waals surface area (Å²) in [6.45, 7) is 1.77. The number of ether oxygens (including phenoxy) is 1. The van der Waals surface area contributed by atoms with Crippen molar-refractivity contribution in [2.75, 3.05) is 17.3 Å². The second-order valence-electron chi connectivity index (χ2n) is 6.79. The molecule has 1 amide bonds. The molecule has 162 valence electrons. The molecule has 0 spiro atoms. The van der Waals surface area contributed by atoms with Gasteiger partial charge in [-0.3, -0.25) is 4.79 Å². The summed E-state index contributed by atoms with van der Waals surface area (Å²) in [6.07, 6.45) is 1.97. The lowest BCUT2D eigenvalue weighted by Crippen LogP contribution is -2.13. The number of hydrogen-bond donors (Lipinski definition) is 2. The van der Waals surface area contributed by atoms with Gasteiger partial charge in [0, 0.05) is 40.4 Å². The van der Waals surface area contributed by atoms with Crippen molar-refractivity contribution >= 4 is 50.5 Å². The zero-order valence-corrected chi connectivity index (χ0v) is 18.9. The van der Waals surface area contributed by atoms with Crippen LogP contribution in [0, 0.1) is 0 Å². The number of aromatic nitrogens is 1. The highest BCUT2D eigenvalue weighted by Crippen LogP contribution is 2.32. The molecule has 1 heterocycles. The monoisotopic (exact) mass is 479 g/mol. The number of amides is 1. The number of anilines is 2. The van der Waals surface area contributed by atoms with E-state index in [1.807, 2.05) is 0 Å². The number of carbonyl (C=O) groups excluding carboxylic acids is 1. The van der Waals surface area contributed by atoms with Crippen molar-refractivity contribution in [3.63, 3.8) is 0 Å². The van der Waals surface area contributed by atoms with Crippen LogP contribution in [0.1, 0.15) is 28.9 Å². The van der Waals surface area contributed by atoms with Crippen molar-refractivity contribution in [2.45, 2.75) is 17.9 Å². The van der Waals surface area contributed by atoms with E-state index < -0.39 is 21.8 Å². The third-order valence-electron chi connectivity index (χ3n) is 4.37. The molecule has 1 aromatic heterocycles. The van der Waals surface area contributed by atoms with Crippen molar-refractivity contribution in [3.05, 3.63) is 75.9 Å². The zero-order chi connectivity index (χ0) is 22.8. The van der Waals surface area contributed by atoms with Crippen LogP contribution in [0.15, 0.2) is 59.6 Å². The average Bonchev–Trinajstić information content (AvgIpc) is 2.71. The van der Waals surface area contributed by atoms with Gasteiger partial charge < -0.3 is 15.8 Å². The lowest BCUT2D eigenvalue weighted by Gasteiger charge is -2.18. The number of hydrogen-bond acceptors (Lipinski definition) is 6. The molecule has 2 aromatic carbocycles. The Balaban J connectivity index is 1.82. The van der Waals surface area contributed by atoms with E-state index in [2.05, 4.69) is 10.3 Å². The molecule has 0 radical (unpaired) electrons. The van der Waals surface area contributed by atoms with Gasteiger partial charge in [-0.2, -0.15) is 0 Å². The Morgan fingerprint density at radius 3 is 2.61 bits per heavy atom. The fourth-order valence-electron chi connectivity index (χ4n) is 2.78. The molecule has 3 rings (SSSR count). The maximum Gasteiger partial charge on any atom is 0.255 e. The predicted molar refractivity (Wildman–Crippen MR) is 122 cm³/mol. The quantitative estimate of drug-likeness (QED) is 0.526. The molecule has 0 bridgehead atoms. The Morgan fingerprint density at radius 2 is 1.90 bits per heavy atom. The van der Waals surface area contributed by atoms with Crippen LogP contribution < -0.4 is 15.8 Å². The predicted octanol–water partition coefficient (Wildman–Crippen LogP) is 4.77. The molecule has 1 atom stereocenters. The molecule has 0 aliphatic carbocycles. The number of pyridine rings is 1. The van der Waals surface area contributed by atoms with E-state index >= 15 is 0 Å². The van der Waals surface area contributed by atoms with Gasteiger partial charge in [-0.25, -0.2) is 13.4 Å². The van der Waals surface area contributed by atoms with Crippen LogP contribution in [0.3, 0.4) is 0 Å². The van der Waals surface area contributed by atoms with Crippen molar-refractivity contribution in [2.24, 2.45) is 0 Å². The highest BCUT2D eigenvalue weighted by molar-refractivity contribution is 7.90. The molecule has 3 N–H and O–H groups in total. The molecule has 0 fully saturated rings. The number of sulfone groups is 1. The number of nitrogen functional groups attached to an aromatic ring is 1. The van der Waals surface area contributed by atoms with Crippen LogP contribution in [0.5, 0.6) is 5.75 Å². The first-order valence-electron chi connectivity index (χ1n) is 9.03. The molecule has 0 aliphatic rings. The second kappa shape index (κ2) is 9.13. The fraction of sp³-hybridized carbons (Fsp3) is 0.143. The summed E-state index contributed by atoms with van der Waals surface area (Å²) >= 11 is 12.3. The minimum absolute atomic E-state index is 0.0617. The summed E-state index contributed by atoms with van der Waals surface area (Å²) in [6, 6.07) is 12.3. The third kappa shape index (κ3) is 5.66. The largest absolute Gasteiger partial charge is 0.482 e. The molecule has 7 nitrogen and oxygen atoms in total. The molecular weight excluding hydrogens is 461 g/mol. The van der Waals surface area contributed by atoms with Crippen molar-refractivity contribution in [3.8, 4) is 5.75 Å². The number of halogens is 2. The summed E-state index contributed by atoms with van der Waals surface area (Å²) < 4.78 is 29.3. The van der Waals surface area contributed by atoms with E-state index in [0.29, 0.717) is 27.0 Å². The second-order valence-corrected chi connectivity index (χ2v) is 9.65. The number of carbonyl (C=O) groups is 1. The Hall–Kier alpha value is -2.81. The molecule has 3 aromatic rings. The Labute approximate surface area is 190 Å². The van der Waals surface area contributed by atoms with E-state index in [-0.39, 0.29) is 16.3 Å². The van der Waals surface area contributed by atoms with Crippen molar-refractivity contribution < 1.29 is 17.9 Å². The standard InChI is InChI=1S/C21H19Cl2N3O4S/c1-12(30-19-9-14(22)11-25-20(19)24)17-10-15(6-7-18(17)23)26-21(27)13-4-3-5-16(8-13)31(2,28)29/h3-12H,1-2H3,(H2,24,25)(H,26,27)/t12-/m1/s1. The van der Waals surface area contributed by atoms with Gasteiger partial charge in [-0.15, -0.1) is 0 Å². The molecule has 10 heteroatoms. The van der Waals surface area contributed by atoms with Crippen LogP contribution in [0.2, 0.25) is 10.0 Å². The van der Waals surface area contributed by atoms with Gasteiger partial charge in [-0.1, -0.05) is 29.3 Å². The zero-order valence-electron chi connectivity index (χ0n) is 16.6. The molecule has 0 saturated carbocycles. The fourth-order valence-corrected chi connectivity index (χ4v) is 3.87. The maximum atomic E-state index is 12.6. The minimum Gasteiger partial charge on any atom is -0.482 e. The maximum absolute atomic E-state index is 12.6. The first kappa shape index (κ1) is 22.9. The lowest BCUT2D eigenvalue weighted by atomic mass is 10.1. The van der Waals surface area contributed by atoms with Crippen molar-refractivity contribution in [1.29, 1.82) is 0 Å². The van der Waals surface area contributed by atoms with Crippen LogP contribution in [0.25, 0.3) is 0 Å². The smallest absolute Gasteiger partial charge is 0.255 e. The Kier molecular flexibility index (Phi) is 6.74. The average molecular weight is 480 g/mol. The number of nitrogens with zero attached hydrogens (tertiary/aromatic N) is 1. The SMILES string of the molecule is C[C@@H](Oc1cc(Cl)cnc1N)c1cc(NC(=O)c2cccc(S(C)(=O)=O)c2)ccc1Cl. The summed E-state index contributed by atoms with van der Waals surface area (Å²) in [4.78, 5) is 16.6. The minimum atomic E-state index is -3.43. The third-order valence-corrected chi connectivity index (χ3v) is 6.03. The normalized spacial score (nSPS) is 12.3. The first-order valence-corrected chi connectivity index (χ1v) is 11.7. The van der Waals surface area contributed by atoms with Crippen LogP contribution in [-0.4, -0.2) is 25.6 Å². The van der Waals surface area contributed by atoms with Gasteiger partial charge in [-0.05, 0) is 43.3 Å². The number of rotatable bonds is 6. The van der Waals surface area contributed by atoms with Gasteiger partial charge >= 0.3 is 0 Å². The van der Waals surface area contributed by atoms with Gasteiger partial charge in [0.1, 0.15) is 6.10 Å². The molecule has 0 aliphatic heterocycles. The summed E-state index contributed by atoms with van der Waals surface area (Å²) in [5.74, 6) is 0.0290. The van der Waals surface area contributed by atoms with Crippen LogP contribution in [0.4, 0.5) is 11.5 Å². The lowest BCUT2D eigenvalue weighted by molar-refractivity contribution is 0.102. The Bertz CT molecular complexity index is 1250. The first-order chi connectivity index (χ1) is 14.5. The van der Waals surface area contributed by atoms with E-state index in [0.717, 1.165) is 6.26 Å². The highest BCUT2D eigenvalue weighted by Gasteiger charge is 2.17. The molecule has 0 saturated heterocycles. The number of nitrogens with one attached hydrogen (secondary N) is 1. The number of nitrogens with two attached hydrogens (primary N) is 1. The summed E-state index contributed by atoms with van der Waals surface area (Å²) in [5.41, 5.74) is 7.10. The van der Waals surface area contributed by atoms with Crippen LogP contribution >= 0.6 is 23.2 Å². The van der Waals surface area contributed by atoms with E-state index in [1.54, 1.807) is 31.2 Å². The Morgan fingerprint density at radius 1 is 1.16 bits per heavy atom.